The standard InChI is InChI=1S/C35H60BrClN2O8SSi3/c1-11-51(12-2,13-3)47-34(24-38-35(40)25-45-32-17-15-29(36)23-30(32)37)28-14-16-33(46-27-44-19-21-50(8,9)10)31(22-28)39(48(4,41)42)26-43-18-20-49(5,6)7/h14-17,22-23,34H,11-13,18-21,24-27H2,1-10H3,(H,38,40)/t34-/m1/s1. The summed E-state index contributed by atoms with van der Waals surface area (Å²) in [6, 6.07) is 15.1. The minimum atomic E-state index is -3.80. The largest absolute Gasteiger partial charge is 0.482 e. The summed E-state index contributed by atoms with van der Waals surface area (Å²) in [5, 5.41) is 3.36. The van der Waals surface area contributed by atoms with Crippen LogP contribution >= 0.6 is 27.5 Å². The highest BCUT2D eigenvalue weighted by Gasteiger charge is 2.34. The summed E-state index contributed by atoms with van der Waals surface area (Å²) in [6.07, 6.45) is 0.594. The second-order valence-corrected chi connectivity index (χ2v) is 34.4. The first kappa shape index (κ1) is 45.7. The molecule has 0 unspecified atom stereocenters. The highest BCUT2D eigenvalue weighted by atomic mass is 79.9. The van der Waals surface area contributed by atoms with Crippen LogP contribution in [0, 0.1) is 0 Å². The Bertz CT molecular complexity index is 1500. The lowest BCUT2D eigenvalue weighted by molar-refractivity contribution is -0.123. The average Bonchev–Trinajstić information content (AvgIpc) is 3.03. The average molecular weight is 869 g/mol. The summed E-state index contributed by atoms with van der Waals surface area (Å²) < 4.78 is 59.2. The van der Waals surface area contributed by atoms with Gasteiger partial charge in [-0.15, -0.1) is 0 Å². The Kier molecular flexibility index (Phi) is 18.7. The van der Waals surface area contributed by atoms with Crippen LogP contribution in [0.15, 0.2) is 40.9 Å². The normalized spacial score (nSPS) is 13.2. The summed E-state index contributed by atoms with van der Waals surface area (Å²) in [7, 11) is -8.72. The number of nitrogens with zero attached hydrogens (tertiary/aromatic N) is 1. The minimum Gasteiger partial charge on any atom is -0.482 e. The minimum absolute atomic E-state index is 0.0270. The van der Waals surface area contributed by atoms with E-state index < -0.39 is 40.6 Å². The summed E-state index contributed by atoms with van der Waals surface area (Å²) in [4.78, 5) is 13.1. The van der Waals surface area contributed by atoms with E-state index in [-0.39, 0.29) is 32.6 Å². The SMILES string of the molecule is CC[Si](CC)(CC)O[C@H](CNC(=O)COc1ccc(Br)cc1Cl)c1ccc(OCOCC[Si](C)(C)C)c(N(COCC[Si](C)(C)C)S(C)(=O)=O)c1. The molecule has 16 heteroatoms. The summed E-state index contributed by atoms with van der Waals surface area (Å²) in [5.41, 5.74) is 1.03. The first-order chi connectivity index (χ1) is 23.7. The molecule has 51 heavy (non-hydrogen) atoms. The molecule has 0 aliphatic carbocycles. The number of nitrogens with one attached hydrogen (secondary N) is 1. The van der Waals surface area contributed by atoms with Gasteiger partial charge in [-0.3, -0.25) is 4.79 Å². The molecule has 1 amide bonds. The molecule has 0 saturated carbocycles. The molecule has 2 aromatic rings. The van der Waals surface area contributed by atoms with Crippen molar-refractivity contribution in [1.29, 1.82) is 0 Å². The number of benzene rings is 2. The molecule has 0 aliphatic rings. The summed E-state index contributed by atoms with van der Waals surface area (Å²) >= 11 is 9.65. The topological polar surface area (TPSA) is 113 Å². The van der Waals surface area contributed by atoms with Gasteiger partial charge in [-0.25, -0.2) is 12.7 Å². The predicted octanol–water partition coefficient (Wildman–Crippen LogP) is 9.13. The fourth-order valence-electron chi connectivity index (χ4n) is 4.99. The van der Waals surface area contributed by atoms with E-state index in [0.29, 0.717) is 41.0 Å². The van der Waals surface area contributed by atoms with E-state index in [9.17, 15) is 13.2 Å². The number of anilines is 1. The van der Waals surface area contributed by atoms with Crippen LogP contribution in [-0.2, 0) is 28.7 Å². The summed E-state index contributed by atoms with van der Waals surface area (Å²) in [6.45, 7) is 20.7. The second-order valence-electron chi connectivity index (χ2n) is 15.2. The number of rotatable bonds is 24. The molecule has 10 nitrogen and oxygen atoms in total. The Morgan fingerprint density at radius 3 is 2.02 bits per heavy atom. The fraction of sp³-hybridized carbons (Fsp3) is 0.629. The van der Waals surface area contributed by atoms with Crippen molar-refractivity contribution >= 4 is 73.6 Å². The molecule has 0 heterocycles. The Morgan fingerprint density at radius 1 is 0.882 bits per heavy atom. The highest BCUT2D eigenvalue weighted by Crippen LogP contribution is 2.37. The van der Waals surface area contributed by atoms with Crippen molar-refractivity contribution in [2.75, 3.05) is 50.5 Å². The molecule has 290 valence electrons. The molecule has 0 spiro atoms. The third-order valence-corrected chi connectivity index (χ3v) is 18.5. The maximum atomic E-state index is 13.3. The summed E-state index contributed by atoms with van der Waals surface area (Å²) in [5.74, 6) is 0.400. The van der Waals surface area contributed by atoms with Crippen molar-refractivity contribution in [2.45, 2.75) is 96.4 Å². The first-order valence-electron chi connectivity index (χ1n) is 17.6. The van der Waals surface area contributed by atoms with Gasteiger partial charge >= 0.3 is 0 Å². The molecule has 1 atom stereocenters. The van der Waals surface area contributed by atoms with Crippen LogP contribution in [-0.4, -0.2) is 84.9 Å². The van der Waals surface area contributed by atoms with E-state index in [2.05, 4.69) is 81.3 Å². The van der Waals surface area contributed by atoms with Gasteiger partial charge in [0, 0.05) is 40.4 Å². The van der Waals surface area contributed by atoms with Crippen LogP contribution in [0.4, 0.5) is 5.69 Å². The van der Waals surface area contributed by atoms with Gasteiger partial charge in [0.05, 0.1) is 23.1 Å². The van der Waals surface area contributed by atoms with E-state index in [1.807, 2.05) is 6.07 Å². The van der Waals surface area contributed by atoms with Gasteiger partial charge in [-0.2, -0.15) is 0 Å². The molecule has 0 aliphatic heterocycles. The lowest BCUT2D eigenvalue weighted by Gasteiger charge is -2.34. The van der Waals surface area contributed by atoms with E-state index in [1.165, 1.54) is 4.31 Å². The van der Waals surface area contributed by atoms with Crippen molar-refractivity contribution < 1.29 is 36.6 Å². The second kappa shape index (κ2) is 20.9. The lowest BCUT2D eigenvalue weighted by Crippen LogP contribution is -2.41. The molecule has 2 aromatic carbocycles. The van der Waals surface area contributed by atoms with E-state index in [1.54, 1.807) is 30.3 Å². The molecular formula is C35H60BrClN2O8SSi3. The van der Waals surface area contributed by atoms with Gasteiger partial charge < -0.3 is 28.7 Å². The molecule has 2 rings (SSSR count). The third-order valence-electron chi connectivity index (χ3n) is 8.59. The van der Waals surface area contributed by atoms with E-state index in [0.717, 1.165) is 40.9 Å². The van der Waals surface area contributed by atoms with Gasteiger partial charge in [-0.1, -0.05) is 93.7 Å². The van der Waals surface area contributed by atoms with E-state index in [4.69, 9.17) is 35.0 Å². The molecule has 0 bridgehead atoms. The zero-order valence-corrected chi connectivity index (χ0v) is 38.4. The number of carbonyl (C=O) groups is 1. The van der Waals surface area contributed by atoms with Crippen LogP contribution in [0.3, 0.4) is 0 Å². The monoisotopic (exact) mass is 866 g/mol. The maximum absolute atomic E-state index is 13.3. The lowest BCUT2D eigenvalue weighted by atomic mass is 10.1. The van der Waals surface area contributed by atoms with Gasteiger partial charge in [-0.05, 0) is 66.1 Å². The van der Waals surface area contributed by atoms with Crippen LogP contribution < -0.4 is 19.1 Å². The molecule has 0 radical (unpaired) electrons. The van der Waals surface area contributed by atoms with Crippen LogP contribution in [0.5, 0.6) is 11.5 Å². The number of ether oxygens (including phenoxy) is 4. The predicted molar refractivity (Wildman–Crippen MR) is 221 cm³/mol. The Morgan fingerprint density at radius 2 is 1.47 bits per heavy atom. The third kappa shape index (κ3) is 16.6. The van der Waals surface area contributed by atoms with Crippen LogP contribution in [0.25, 0.3) is 0 Å². The zero-order chi connectivity index (χ0) is 38.5. The van der Waals surface area contributed by atoms with Crippen molar-refractivity contribution in [2.24, 2.45) is 0 Å². The van der Waals surface area contributed by atoms with Gasteiger partial charge in [0.25, 0.3) is 5.91 Å². The quantitative estimate of drug-likeness (QED) is 0.0632. The maximum Gasteiger partial charge on any atom is 0.258 e. The Hall–Kier alpha value is -1.44. The number of hydrogen-bond acceptors (Lipinski definition) is 8. The first-order valence-corrected chi connectivity index (χ1v) is 30.6. The van der Waals surface area contributed by atoms with Gasteiger partial charge in [0.1, 0.15) is 18.2 Å². The van der Waals surface area contributed by atoms with Gasteiger partial charge in [0.15, 0.2) is 21.7 Å². The molecule has 0 aromatic heterocycles. The molecule has 0 saturated heterocycles. The van der Waals surface area contributed by atoms with Crippen molar-refractivity contribution in [3.8, 4) is 11.5 Å². The zero-order valence-electron chi connectivity index (χ0n) is 32.2. The molecule has 0 fully saturated rings. The fourth-order valence-corrected chi connectivity index (χ4v) is 10.8. The number of hydrogen-bond donors (Lipinski definition) is 1. The highest BCUT2D eigenvalue weighted by molar-refractivity contribution is 9.10. The molecule has 1 N–H and O–H groups in total. The van der Waals surface area contributed by atoms with Crippen molar-refractivity contribution in [3.63, 3.8) is 0 Å². The van der Waals surface area contributed by atoms with Crippen molar-refractivity contribution in [1.82, 2.24) is 5.32 Å². The number of carbonyl (C=O) groups excluding carboxylic acids is 1. The Labute approximate surface area is 323 Å². The number of halogens is 2. The number of amides is 1. The van der Waals surface area contributed by atoms with Crippen LogP contribution in [0.1, 0.15) is 32.4 Å². The van der Waals surface area contributed by atoms with Crippen LogP contribution in [0.2, 0.25) is 74.5 Å². The number of sulfonamides is 1. The molecular weight excluding hydrogens is 808 g/mol. The van der Waals surface area contributed by atoms with Gasteiger partial charge in [0.2, 0.25) is 10.0 Å². The van der Waals surface area contributed by atoms with Crippen molar-refractivity contribution in [3.05, 3.63) is 51.5 Å². The van der Waals surface area contributed by atoms with E-state index >= 15 is 0 Å². The Balaban J connectivity index is 2.47. The smallest absolute Gasteiger partial charge is 0.258 e.